The van der Waals surface area contributed by atoms with Crippen molar-refractivity contribution in [1.82, 2.24) is 4.31 Å². The van der Waals surface area contributed by atoms with Crippen LogP contribution < -0.4 is 0 Å². The summed E-state index contributed by atoms with van der Waals surface area (Å²) in [5, 5.41) is 0. The second-order valence-corrected chi connectivity index (χ2v) is 9.34. The molecule has 5 nitrogen and oxygen atoms in total. The van der Waals surface area contributed by atoms with E-state index in [0.29, 0.717) is 13.0 Å². The molecule has 1 aromatic heterocycles. The van der Waals surface area contributed by atoms with Crippen molar-refractivity contribution >= 4 is 43.3 Å². The Bertz CT molecular complexity index is 626. The van der Waals surface area contributed by atoms with Crippen molar-refractivity contribution in [3.63, 3.8) is 0 Å². The molecular formula is C13H18BrNO4S2. The van der Waals surface area contributed by atoms with Crippen LogP contribution in [0.3, 0.4) is 0 Å². The Balaban J connectivity index is 2.36. The van der Waals surface area contributed by atoms with E-state index in [4.69, 9.17) is 4.74 Å². The third-order valence-corrected chi connectivity index (χ3v) is 7.16. The first-order valence-corrected chi connectivity index (χ1v) is 9.87. The van der Waals surface area contributed by atoms with Gasteiger partial charge < -0.3 is 4.74 Å². The maximum Gasteiger partial charge on any atom is 0.324 e. The number of aryl methyl sites for hydroxylation is 1. The minimum Gasteiger partial charge on any atom is -0.465 e. The fourth-order valence-electron chi connectivity index (χ4n) is 2.48. The lowest BCUT2D eigenvalue weighted by Gasteiger charge is -2.32. The first-order chi connectivity index (χ1) is 9.87. The van der Waals surface area contributed by atoms with Crippen molar-refractivity contribution in [2.24, 2.45) is 0 Å². The number of hydrogen-bond donors (Lipinski definition) is 0. The molecule has 2 heterocycles. The largest absolute Gasteiger partial charge is 0.465 e. The highest BCUT2D eigenvalue weighted by atomic mass is 79.9. The number of hydrogen-bond acceptors (Lipinski definition) is 5. The van der Waals surface area contributed by atoms with Gasteiger partial charge in [-0.3, -0.25) is 4.79 Å². The van der Waals surface area contributed by atoms with E-state index in [2.05, 4.69) is 15.9 Å². The van der Waals surface area contributed by atoms with Crippen molar-refractivity contribution in [1.29, 1.82) is 0 Å². The molecule has 1 aliphatic heterocycles. The standard InChI is InChI=1S/C13H18BrNO4S2/c1-3-19-13(16)10-6-4-5-7-15(10)21(17,18)11-8-12(14)20-9(11)2/h8,10H,3-7H2,1-2H3. The topological polar surface area (TPSA) is 63.7 Å². The average Bonchev–Trinajstić information content (AvgIpc) is 2.79. The first kappa shape index (κ1) is 16.9. The number of rotatable bonds is 4. The molecule has 0 amide bonds. The normalized spacial score (nSPS) is 20.4. The average molecular weight is 396 g/mol. The Labute approximate surface area is 137 Å². The first-order valence-electron chi connectivity index (χ1n) is 6.82. The molecule has 1 saturated heterocycles. The summed E-state index contributed by atoms with van der Waals surface area (Å²) >= 11 is 4.69. The molecule has 2 rings (SSSR count). The van der Waals surface area contributed by atoms with Crippen LogP contribution in [0.4, 0.5) is 0 Å². The second kappa shape index (κ2) is 6.76. The number of sulfonamides is 1. The third kappa shape index (κ3) is 3.49. The molecule has 0 bridgehead atoms. The van der Waals surface area contributed by atoms with E-state index in [1.54, 1.807) is 19.9 Å². The van der Waals surface area contributed by atoms with E-state index in [-0.39, 0.29) is 11.5 Å². The summed E-state index contributed by atoms with van der Waals surface area (Å²) in [7, 11) is -3.67. The van der Waals surface area contributed by atoms with Gasteiger partial charge in [0.05, 0.1) is 15.3 Å². The van der Waals surface area contributed by atoms with Crippen LogP contribution in [0, 0.1) is 6.92 Å². The number of esters is 1. The van der Waals surface area contributed by atoms with Gasteiger partial charge in [-0.1, -0.05) is 0 Å². The molecule has 0 aliphatic carbocycles. The Kier molecular flexibility index (Phi) is 5.45. The van der Waals surface area contributed by atoms with E-state index in [0.717, 1.165) is 21.5 Å². The third-order valence-electron chi connectivity index (χ3n) is 3.44. The van der Waals surface area contributed by atoms with E-state index in [1.165, 1.54) is 15.6 Å². The monoisotopic (exact) mass is 395 g/mol. The molecule has 118 valence electrons. The lowest BCUT2D eigenvalue weighted by molar-refractivity contribution is -0.148. The smallest absolute Gasteiger partial charge is 0.324 e. The number of ether oxygens (including phenoxy) is 1. The van der Waals surface area contributed by atoms with Gasteiger partial charge >= 0.3 is 5.97 Å². The minimum atomic E-state index is -3.67. The van der Waals surface area contributed by atoms with E-state index in [1.807, 2.05) is 0 Å². The lowest BCUT2D eigenvalue weighted by atomic mass is 10.1. The van der Waals surface area contributed by atoms with E-state index >= 15 is 0 Å². The van der Waals surface area contributed by atoms with Crippen LogP contribution in [-0.2, 0) is 19.6 Å². The molecule has 21 heavy (non-hydrogen) atoms. The fraction of sp³-hybridized carbons (Fsp3) is 0.615. The van der Waals surface area contributed by atoms with Gasteiger partial charge in [-0.05, 0) is 55.1 Å². The van der Waals surface area contributed by atoms with Crippen molar-refractivity contribution < 1.29 is 17.9 Å². The number of carbonyl (C=O) groups is 1. The Morgan fingerprint density at radius 2 is 2.24 bits per heavy atom. The number of piperidine rings is 1. The highest BCUT2D eigenvalue weighted by molar-refractivity contribution is 9.11. The summed E-state index contributed by atoms with van der Waals surface area (Å²) < 4.78 is 32.8. The SMILES string of the molecule is CCOC(=O)C1CCCCN1S(=O)(=O)c1cc(Br)sc1C. The summed E-state index contributed by atoms with van der Waals surface area (Å²) in [6.07, 6.45) is 2.11. The molecular weight excluding hydrogens is 378 g/mol. The van der Waals surface area contributed by atoms with Crippen molar-refractivity contribution in [3.05, 3.63) is 14.7 Å². The number of carbonyl (C=O) groups excluding carboxylic acids is 1. The zero-order valence-electron chi connectivity index (χ0n) is 12.0. The summed E-state index contributed by atoms with van der Waals surface area (Å²) in [5.74, 6) is -0.451. The van der Waals surface area contributed by atoms with Crippen LogP contribution in [0.25, 0.3) is 0 Å². The Morgan fingerprint density at radius 3 is 2.81 bits per heavy atom. The van der Waals surface area contributed by atoms with Gasteiger partial charge in [0.15, 0.2) is 0 Å². The maximum absolute atomic E-state index is 12.8. The molecule has 0 spiro atoms. The Morgan fingerprint density at radius 1 is 1.52 bits per heavy atom. The van der Waals surface area contributed by atoms with Crippen molar-refractivity contribution in [3.8, 4) is 0 Å². The quantitative estimate of drug-likeness (QED) is 0.735. The van der Waals surface area contributed by atoms with Crippen LogP contribution in [0.1, 0.15) is 31.1 Å². The minimum absolute atomic E-state index is 0.256. The van der Waals surface area contributed by atoms with Crippen molar-refractivity contribution in [2.75, 3.05) is 13.2 Å². The van der Waals surface area contributed by atoms with Crippen LogP contribution >= 0.6 is 27.3 Å². The van der Waals surface area contributed by atoms with E-state index in [9.17, 15) is 13.2 Å². The zero-order valence-corrected chi connectivity index (χ0v) is 15.2. The van der Waals surface area contributed by atoms with Crippen LogP contribution in [0.15, 0.2) is 14.7 Å². The molecule has 1 fully saturated rings. The number of nitrogens with zero attached hydrogens (tertiary/aromatic N) is 1. The highest BCUT2D eigenvalue weighted by Gasteiger charge is 2.39. The molecule has 1 unspecified atom stereocenters. The van der Waals surface area contributed by atoms with Gasteiger partial charge in [0.25, 0.3) is 0 Å². The molecule has 1 aliphatic rings. The molecule has 1 aromatic rings. The molecule has 1 atom stereocenters. The van der Waals surface area contributed by atoms with Crippen LogP contribution in [0.2, 0.25) is 0 Å². The van der Waals surface area contributed by atoms with Gasteiger partial charge in [-0.2, -0.15) is 4.31 Å². The van der Waals surface area contributed by atoms with Crippen molar-refractivity contribution in [2.45, 2.75) is 44.0 Å². The van der Waals surface area contributed by atoms with Gasteiger partial charge in [-0.15, -0.1) is 11.3 Å². The van der Waals surface area contributed by atoms with Gasteiger partial charge in [-0.25, -0.2) is 8.42 Å². The van der Waals surface area contributed by atoms with Gasteiger partial charge in [0, 0.05) is 11.4 Å². The fourth-order valence-corrected chi connectivity index (χ4v) is 6.51. The predicted octanol–water partition coefficient (Wildman–Crippen LogP) is 2.93. The molecule has 0 radical (unpaired) electrons. The lowest BCUT2D eigenvalue weighted by Crippen LogP contribution is -2.48. The van der Waals surface area contributed by atoms with Crippen LogP contribution in [0.5, 0.6) is 0 Å². The summed E-state index contributed by atoms with van der Waals surface area (Å²) in [6.45, 7) is 4.11. The van der Waals surface area contributed by atoms with E-state index < -0.39 is 22.0 Å². The van der Waals surface area contributed by atoms with Gasteiger partial charge in [0.1, 0.15) is 6.04 Å². The molecule has 8 heteroatoms. The molecule has 0 saturated carbocycles. The number of halogens is 1. The maximum atomic E-state index is 12.8. The van der Waals surface area contributed by atoms with Gasteiger partial charge in [0.2, 0.25) is 10.0 Å². The summed E-state index contributed by atoms with van der Waals surface area (Å²) in [4.78, 5) is 13.0. The predicted molar refractivity (Wildman–Crippen MR) is 84.9 cm³/mol. The number of thiophene rings is 1. The molecule has 0 aromatic carbocycles. The Hall–Kier alpha value is -0.440. The second-order valence-electron chi connectivity index (χ2n) is 4.85. The zero-order chi connectivity index (χ0) is 15.6. The summed E-state index contributed by atoms with van der Waals surface area (Å²) in [6, 6.07) is 0.897. The summed E-state index contributed by atoms with van der Waals surface area (Å²) in [5.41, 5.74) is 0. The molecule has 0 N–H and O–H groups in total. The highest BCUT2D eigenvalue weighted by Crippen LogP contribution is 2.34. The van der Waals surface area contributed by atoms with Crippen LogP contribution in [-0.4, -0.2) is 37.9 Å².